The van der Waals surface area contributed by atoms with E-state index in [1.807, 2.05) is 74.4 Å². The van der Waals surface area contributed by atoms with Crippen molar-refractivity contribution >= 4 is 17.4 Å². The van der Waals surface area contributed by atoms with Gasteiger partial charge in [0.2, 0.25) is 0 Å². The zero-order valence-electron chi connectivity index (χ0n) is 19.8. The van der Waals surface area contributed by atoms with E-state index in [1.54, 1.807) is 7.11 Å². The van der Waals surface area contributed by atoms with Gasteiger partial charge in [0, 0.05) is 49.1 Å². The molecule has 2 aromatic carbocycles. The van der Waals surface area contributed by atoms with E-state index in [-0.39, 0.29) is 11.7 Å². The number of hydrogen-bond donors (Lipinski definition) is 1. The van der Waals surface area contributed by atoms with E-state index < -0.39 is 11.9 Å². The third kappa shape index (κ3) is 4.25. The molecule has 1 heterocycles. The van der Waals surface area contributed by atoms with Crippen molar-refractivity contribution in [3.05, 3.63) is 82.2 Å². The molecule has 33 heavy (non-hydrogen) atoms. The van der Waals surface area contributed by atoms with Crippen LogP contribution in [0.5, 0.6) is 5.75 Å². The number of nitrogens with zero attached hydrogens (tertiary/aromatic N) is 1. The van der Waals surface area contributed by atoms with Crippen LogP contribution < -0.4 is 15.0 Å². The molecule has 4 rings (SSSR count). The number of ketones is 1. The number of Topliss-reactive ketones (excluding diaryl/α,β-unsaturated/α-hetero) is 1. The number of benzene rings is 2. The number of nitrogens with one attached hydrogen (secondary N) is 1. The molecule has 0 aromatic heterocycles. The molecule has 0 saturated carbocycles. The lowest BCUT2D eigenvalue weighted by Gasteiger charge is -2.36. The molecule has 2 atom stereocenters. The van der Waals surface area contributed by atoms with Gasteiger partial charge < -0.3 is 19.7 Å². The molecule has 2 aromatic rings. The van der Waals surface area contributed by atoms with E-state index >= 15 is 0 Å². The number of carbonyl (C=O) groups is 2. The minimum Gasteiger partial charge on any atom is -0.497 e. The summed E-state index contributed by atoms with van der Waals surface area (Å²) in [4.78, 5) is 28.4. The maximum absolute atomic E-state index is 13.6. The predicted octanol–water partition coefficient (Wildman–Crippen LogP) is 4.30. The molecule has 0 spiro atoms. The summed E-state index contributed by atoms with van der Waals surface area (Å²) in [5.41, 5.74) is 5.84. The second-order valence-corrected chi connectivity index (χ2v) is 8.77. The SMILES string of the molecule is COC(=O)C1=C(C)NC2=C(C(=O)C[C@@H](c3ccc(OC)cc3)C2)[C@H]1c1ccc(N(C)C)cc1. The summed E-state index contributed by atoms with van der Waals surface area (Å²) in [5.74, 6) is 0.0471. The first-order valence-electron chi connectivity index (χ1n) is 11.1. The van der Waals surface area contributed by atoms with Gasteiger partial charge in [0.1, 0.15) is 5.75 Å². The largest absolute Gasteiger partial charge is 0.497 e. The normalized spacial score (nSPS) is 20.2. The lowest BCUT2D eigenvalue weighted by atomic mass is 9.71. The van der Waals surface area contributed by atoms with Crippen molar-refractivity contribution in [1.29, 1.82) is 0 Å². The molecule has 0 saturated heterocycles. The number of allylic oxidation sites excluding steroid dienone is 3. The van der Waals surface area contributed by atoms with Gasteiger partial charge in [-0.25, -0.2) is 4.79 Å². The second kappa shape index (κ2) is 9.14. The van der Waals surface area contributed by atoms with Gasteiger partial charge in [0.25, 0.3) is 0 Å². The molecule has 6 nitrogen and oxygen atoms in total. The summed E-state index contributed by atoms with van der Waals surface area (Å²) in [7, 11) is 6.98. The number of methoxy groups -OCH3 is 2. The molecular weight excluding hydrogens is 416 g/mol. The number of esters is 1. The molecule has 0 fully saturated rings. The Morgan fingerprint density at radius 3 is 2.18 bits per heavy atom. The van der Waals surface area contributed by atoms with E-state index in [2.05, 4.69) is 5.32 Å². The highest BCUT2D eigenvalue weighted by Gasteiger charge is 2.41. The maximum Gasteiger partial charge on any atom is 0.336 e. The number of dihydropyridines is 1. The molecule has 0 amide bonds. The van der Waals surface area contributed by atoms with Crippen LogP contribution in [-0.2, 0) is 14.3 Å². The lowest BCUT2D eigenvalue weighted by molar-refractivity contribution is -0.136. The molecular formula is C27H30N2O4. The third-order valence-electron chi connectivity index (χ3n) is 6.56. The molecule has 1 aliphatic heterocycles. The Hall–Kier alpha value is -3.54. The van der Waals surface area contributed by atoms with E-state index in [0.29, 0.717) is 24.0 Å². The highest BCUT2D eigenvalue weighted by Crippen LogP contribution is 2.46. The highest BCUT2D eigenvalue weighted by molar-refractivity contribution is 6.04. The van der Waals surface area contributed by atoms with Gasteiger partial charge in [-0.2, -0.15) is 0 Å². The van der Waals surface area contributed by atoms with Crippen molar-refractivity contribution in [2.45, 2.75) is 31.6 Å². The minimum atomic E-state index is -0.450. The van der Waals surface area contributed by atoms with E-state index in [9.17, 15) is 9.59 Å². The van der Waals surface area contributed by atoms with E-state index in [4.69, 9.17) is 9.47 Å². The van der Waals surface area contributed by atoms with Crippen LogP contribution in [0, 0.1) is 0 Å². The molecule has 172 valence electrons. The van der Waals surface area contributed by atoms with Crippen LogP contribution in [0.1, 0.15) is 42.7 Å². The van der Waals surface area contributed by atoms with Crippen LogP contribution >= 0.6 is 0 Å². The van der Waals surface area contributed by atoms with Gasteiger partial charge in [0.05, 0.1) is 19.8 Å². The lowest BCUT2D eigenvalue weighted by Crippen LogP contribution is -2.36. The monoisotopic (exact) mass is 446 g/mol. The summed E-state index contributed by atoms with van der Waals surface area (Å²) in [6, 6.07) is 15.9. The predicted molar refractivity (Wildman–Crippen MR) is 128 cm³/mol. The second-order valence-electron chi connectivity index (χ2n) is 8.77. The van der Waals surface area contributed by atoms with Crippen LogP contribution in [0.4, 0.5) is 5.69 Å². The van der Waals surface area contributed by atoms with Gasteiger partial charge in [-0.05, 0) is 54.7 Å². The molecule has 0 unspecified atom stereocenters. The summed E-state index contributed by atoms with van der Waals surface area (Å²) >= 11 is 0. The van der Waals surface area contributed by atoms with Crippen LogP contribution in [0.2, 0.25) is 0 Å². The maximum atomic E-state index is 13.6. The van der Waals surface area contributed by atoms with Crippen LogP contribution in [0.15, 0.2) is 71.1 Å². The summed E-state index contributed by atoms with van der Waals surface area (Å²) in [6.07, 6.45) is 1.10. The standard InChI is InChI=1S/C27H30N2O4/c1-16-24(27(31)33-5)25(18-6-10-20(11-7-18)29(2)3)26-22(28-16)14-19(15-23(26)30)17-8-12-21(32-4)13-9-17/h6-13,19,25,28H,14-15H2,1-5H3/t19-,25-/m0/s1. The van der Waals surface area contributed by atoms with Crippen molar-refractivity contribution in [1.82, 2.24) is 5.32 Å². The zero-order valence-corrected chi connectivity index (χ0v) is 19.8. The van der Waals surface area contributed by atoms with Crippen molar-refractivity contribution < 1.29 is 19.1 Å². The van der Waals surface area contributed by atoms with Gasteiger partial charge in [-0.3, -0.25) is 4.79 Å². The number of hydrogen-bond acceptors (Lipinski definition) is 6. The molecule has 0 radical (unpaired) electrons. The minimum absolute atomic E-state index is 0.0557. The quantitative estimate of drug-likeness (QED) is 0.691. The fraction of sp³-hybridized carbons (Fsp3) is 0.333. The fourth-order valence-corrected chi connectivity index (χ4v) is 4.83. The first-order valence-corrected chi connectivity index (χ1v) is 11.1. The topological polar surface area (TPSA) is 67.9 Å². The Bertz CT molecular complexity index is 1130. The van der Waals surface area contributed by atoms with E-state index in [0.717, 1.165) is 34.0 Å². The Balaban J connectivity index is 1.76. The highest BCUT2D eigenvalue weighted by atomic mass is 16.5. The van der Waals surface area contributed by atoms with Gasteiger partial charge in [0.15, 0.2) is 5.78 Å². The van der Waals surface area contributed by atoms with Crippen molar-refractivity contribution in [2.24, 2.45) is 0 Å². The molecule has 0 bridgehead atoms. The molecule has 6 heteroatoms. The first kappa shape index (κ1) is 22.6. The summed E-state index contributed by atoms with van der Waals surface area (Å²) in [5, 5.41) is 3.37. The third-order valence-corrected chi connectivity index (χ3v) is 6.56. The van der Waals surface area contributed by atoms with Gasteiger partial charge in [-0.15, -0.1) is 0 Å². The molecule has 1 aliphatic carbocycles. The average Bonchev–Trinajstić information content (AvgIpc) is 2.82. The van der Waals surface area contributed by atoms with Gasteiger partial charge >= 0.3 is 5.97 Å². The first-order chi connectivity index (χ1) is 15.8. The fourth-order valence-electron chi connectivity index (χ4n) is 4.83. The number of carbonyl (C=O) groups excluding carboxylic acids is 2. The van der Waals surface area contributed by atoms with Crippen LogP contribution in [0.3, 0.4) is 0 Å². The number of ether oxygens (including phenoxy) is 2. The Morgan fingerprint density at radius 2 is 1.61 bits per heavy atom. The number of rotatable bonds is 5. The Kier molecular flexibility index (Phi) is 6.27. The van der Waals surface area contributed by atoms with Crippen molar-refractivity contribution in [3.63, 3.8) is 0 Å². The Labute approximate surface area is 194 Å². The zero-order chi connectivity index (χ0) is 23.7. The van der Waals surface area contributed by atoms with Crippen LogP contribution in [-0.4, -0.2) is 40.1 Å². The van der Waals surface area contributed by atoms with Crippen LogP contribution in [0.25, 0.3) is 0 Å². The average molecular weight is 447 g/mol. The molecule has 2 aliphatic rings. The van der Waals surface area contributed by atoms with Gasteiger partial charge in [-0.1, -0.05) is 24.3 Å². The Morgan fingerprint density at radius 1 is 0.970 bits per heavy atom. The van der Waals surface area contributed by atoms with Crippen molar-refractivity contribution in [3.8, 4) is 5.75 Å². The van der Waals surface area contributed by atoms with Crippen molar-refractivity contribution in [2.75, 3.05) is 33.2 Å². The van der Waals surface area contributed by atoms with E-state index in [1.165, 1.54) is 7.11 Å². The molecule has 1 N–H and O–H groups in total. The smallest absolute Gasteiger partial charge is 0.336 e. The number of anilines is 1. The summed E-state index contributed by atoms with van der Waals surface area (Å²) in [6.45, 7) is 1.87. The summed E-state index contributed by atoms with van der Waals surface area (Å²) < 4.78 is 10.4.